The Morgan fingerprint density at radius 3 is 2.81 bits per heavy atom. The summed E-state index contributed by atoms with van der Waals surface area (Å²) in [7, 11) is 1.85. The third kappa shape index (κ3) is 3.37. The minimum atomic E-state index is -0.537. The molecule has 0 saturated heterocycles. The third-order valence-corrected chi connectivity index (χ3v) is 3.71. The lowest BCUT2D eigenvalue weighted by molar-refractivity contribution is -0.153. The standard InChI is InChI=1S/C15H24N2O4/c1-15(2,3)14(19)20-9-8-17-13(18)12-10(16-4)6-5-7-11(12)21-17/h10,16H,5-9H2,1-4H3/t10-/m1/s1. The third-order valence-electron chi connectivity index (χ3n) is 3.71. The molecule has 1 aliphatic carbocycles. The summed E-state index contributed by atoms with van der Waals surface area (Å²) in [4.78, 5) is 24.0. The first-order chi connectivity index (χ1) is 9.84. The van der Waals surface area contributed by atoms with Gasteiger partial charge in [-0.25, -0.2) is 0 Å². The summed E-state index contributed by atoms with van der Waals surface area (Å²) in [5.41, 5.74) is 0.0756. The molecule has 0 aromatic carbocycles. The van der Waals surface area contributed by atoms with E-state index in [9.17, 15) is 9.59 Å². The number of hydrogen-bond donors (Lipinski definition) is 1. The van der Waals surface area contributed by atoms with Crippen molar-refractivity contribution in [2.24, 2.45) is 5.41 Å². The van der Waals surface area contributed by atoms with Crippen LogP contribution in [0, 0.1) is 5.41 Å². The molecule has 0 spiro atoms. The Kier molecular flexibility index (Phi) is 4.56. The Labute approximate surface area is 124 Å². The maximum atomic E-state index is 12.3. The van der Waals surface area contributed by atoms with Crippen LogP contribution in [-0.4, -0.2) is 24.4 Å². The molecule has 2 rings (SSSR count). The zero-order chi connectivity index (χ0) is 15.6. The van der Waals surface area contributed by atoms with Gasteiger partial charge in [0.1, 0.15) is 12.4 Å². The molecular formula is C15H24N2O4. The number of nitrogens with one attached hydrogen (secondary N) is 1. The van der Waals surface area contributed by atoms with Crippen LogP contribution >= 0.6 is 0 Å². The summed E-state index contributed by atoms with van der Waals surface area (Å²) >= 11 is 0. The first-order valence-electron chi connectivity index (χ1n) is 7.42. The van der Waals surface area contributed by atoms with Gasteiger partial charge in [0, 0.05) is 12.5 Å². The molecule has 118 valence electrons. The van der Waals surface area contributed by atoms with Gasteiger partial charge in [0.15, 0.2) is 0 Å². The topological polar surface area (TPSA) is 73.5 Å². The van der Waals surface area contributed by atoms with E-state index < -0.39 is 5.41 Å². The van der Waals surface area contributed by atoms with Gasteiger partial charge in [-0.05, 0) is 40.7 Å². The van der Waals surface area contributed by atoms with Crippen molar-refractivity contribution in [1.29, 1.82) is 0 Å². The fourth-order valence-corrected chi connectivity index (χ4v) is 2.49. The fourth-order valence-electron chi connectivity index (χ4n) is 2.49. The number of esters is 1. The molecule has 1 aromatic rings. The monoisotopic (exact) mass is 296 g/mol. The number of aromatic nitrogens is 1. The zero-order valence-electron chi connectivity index (χ0n) is 13.2. The average Bonchev–Trinajstić information content (AvgIpc) is 2.74. The van der Waals surface area contributed by atoms with E-state index in [0.717, 1.165) is 30.6 Å². The van der Waals surface area contributed by atoms with Crippen LogP contribution in [0.3, 0.4) is 0 Å². The quantitative estimate of drug-likeness (QED) is 0.855. The number of fused-ring (bicyclic) bond motifs is 1. The highest BCUT2D eigenvalue weighted by atomic mass is 16.5. The Balaban J connectivity index is 2.04. The maximum absolute atomic E-state index is 12.3. The lowest BCUT2D eigenvalue weighted by Gasteiger charge is -2.18. The van der Waals surface area contributed by atoms with Crippen LogP contribution in [0.25, 0.3) is 0 Å². The van der Waals surface area contributed by atoms with Crippen molar-refractivity contribution in [2.45, 2.75) is 52.6 Å². The molecule has 1 heterocycles. The predicted molar refractivity (Wildman–Crippen MR) is 78.1 cm³/mol. The van der Waals surface area contributed by atoms with E-state index in [1.807, 2.05) is 7.05 Å². The van der Waals surface area contributed by atoms with Crippen LogP contribution in [0.15, 0.2) is 9.32 Å². The van der Waals surface area contributed by atoms with E-state index in [1.165, 1.54) is 4.74 Å². The van der Waals surface area contributed by atoms with Gasteiger partial charge in [-0.3, -0.25) is 9.59 Å². The van der Waals surface area contributed by atoms with Gasteiger partial charge in [-0.1, -0.05) is 0 Å². The Hall–Kier alpha value is -1.56. The number of rotatable bonds is 4. The van der Waals surface area contributed by atoms with E-state index in [0.29, 0.717) is 0 Å². The SMILES string of the molecule is CN[C@@H]1CCCc2on(CCOC(=O)C(C)(C)C)c(=O)c21. The van der Waals surface area contributed by atoms with Gasteiger partial charge >= 0.3 is 5.97 Å². The largest absolute Gasteiger partial charge is 0.463 e. The normalized spacial score (nSPS) is 18.4. The summed E-state index contributed by atoms with van der Waals surface area (Å²) in [6.07, 6.45) is 2.74. The van der Waals surface area contributed by atoms with Gasteiger partial charge in [0.25, 0.3) is 5.56 Å². The van der Waals surface area contributed by atoms with Gasteiger partial charge in [-0.2, -0.15) is 4.74 Å². The Morgan fingerprint density at radius 2 is 2.19 bits per heavy atom. The summed E-state index contributed by atoms with van der Waals surface area (Å²) in [5.74, 6) is 0.479. The summed E-state index contributed by atoms with van der Waals surface area (Å²) in [5, 5.41) is 3.15. The minimum absolute atomic E-state index is 0.0587. The van der Waals surface area contributed by atoms with Crippen molar-refractivity contribution in [1.82, 2.24) is 10.1 Å². The van der Waals surface area contributed by atoms with E-state index in [4.69, 9.17) is 9.26 Å². The molecule has 1 aliphatic rings. The Morgan fingerprint density at radius 1 is 1.48 bits per heavy atom. The highest BCUT2D eigenvalue weighted by molar-refractivity contribution is 5.75. The van der Waals surface area contributed by atoms with Crippen molar-refractivity contribution in [2.75, 3.05) is 13.7 Å². The molecule has 0 amide bonds. The maximum Gasteiger partial charge on any atom is 0.311 e. The molecule has 0 bridgehead atoms. The highest BCUT2D eigenvalue weighted by Crippen LogP contribution is 2.27. The zero-order valence-corrected chi connectivity index (χ0v) is 13.2. The molecule has 6 nitrogen and oxygen atoms in total. The van der Waals surface area contributed by atoms with Crippen LogP contribution < -0.4 is 10.9 Å². The molecule has 0 radical (unpaired) electrons. The molecule has 0 unspecified atom stereocenters. The van der Waals surface area contributed by atoms with Gasteiger partial charge < -0.3 is 14.6 Å². The van der Waals surface area contributed by atoms with Gasteiger partial charge in [-0.15, -0.1) is 0 Å². The molecule has 0 saturated carbocycles. The molecule has 1 atom stereocenters. The van der Waals surface area contributed by atoms with Gasteiger partial charge in [0.05, 0.1) is 17.5 Å². The molecule has 21 heavy (non-hydrogen) atoms. The van der Waals surface area contributed by atoms with E-state index in [1.54, 1.807) is 20.8 Å². The lowest BCUT2D eigenvalue weighted by Crippen LogP contribution is -2.29. The van der Waals surface area contributed by atoms with E-state index in [-0.39, 0.29) is 30.7 Å². The number of ether oxygens (including phenoxy) is 1. The first-order valence-corrected chi connectivity index (χ1v) is 7.42. The van der Waals surface area contributed by atoms with Crippen LogP contribution in [0.2, 0.25) is 0 Å². The van der Waals surface area contributed by atoms with Gasteiger partial charge in [0.2, 0.25) is 0 Å². The second-order valence-electron chi connectivity index (χ2n) is 6.45. The molecule has 0 fully saturated rings. The van der Waals surface area contributed by atoms with Crippen LogP contribution in [0.1, 0.15) is 51.0 Å². The van der Waals surface area contributed by atoms with Crippen LogP contribution in [0.5, 0.6) is 0 Å². The summed E-state index contributed by atoms with van der Waals surface area (Å²) in [6.45, 7) is 5.79. The Bertz CT molecular complexity index is 565. The second-order valence-corrected chi connectivity index (χ2v) is 6.45. The predicted octanol–water partition coefficient (Wildman–Crippen LogP) is 1.63. The number of aryl methyl sites for hydroxylation is 1. The number of carbonyl (C=O) groups excluding carboxylic acids is 1. The van der Waals surface area contributed by atoms with Crippen molar-refractivity contribution in [3.05, 3.63) is 21.7 Å². The van der Waals surface area contributed by atoms with E-state index in [2.05, 4.69) is 5.32 Å². The van der Waals surface area contributed by atoms with Crippen molar-refractivity contribution >= 4 is 5.97 Å². The fraction of sp³-hybridized carbons (Fsp3) is 0.733. The van der Waals surface area contributed by atoms with Crippen molar-refractivity contribution in [3.8, 4) is 0 Å². The molecule has 6 heteroatoms. The molecular weight excluding hydrogens is 272 g/mol. The molecule has 0 aliphatic heterocycles. The average molecular weight is 296 g/mol. The first kappa shape index (κ1) is 15.8. The molecule has 1 aromatic heterocycles. The minimum Gasteiger partial charge on any atom is -0.463 e. The van der Waals surface area contributed by atoms with E-state index >= 15 is 0 Å². The van der Waals surface area contributed by atoms with Crippen LogP contribution in [0.4, 0.5) is 0 Å². The highest BCUT2D eigenvalue weighted by Gasteiger charge is 2.28. The van der Waals surface area contributed by atoms with Crippen molar-refractivity contribution < 1.29 is 14.1 Å². The number of carbonyl (C=O) groups is 1. The smallest absolute Gasteiger partial charge is 0.311 e. The number of hydrogen-bond acceptors (Lipinski definition) is 5. The summed E-state index contributed by atoms with van der Waals surface area (Å²) < 4.78 is 12.1. The lowest BCUT2D eigenvalue weighted by atomic mass is 9.94. The van der Waals surface area contributed by atoms with Crippen LogP contribution in [-0.2, 0) is 22.5 Å². The second kappa shape index (κ2) is 6.05. The molecule has 1 N–H and O–H groups in total. The number of nitrogens with zero attached hydrogens (tertiary/aromatic N) is 1. The van der Waals surface area contributed by atoms with Crippen molar-refractivity contribution in [3.63, 3.8) is 0 Å². The summed E-state index contributed by atoms with van der Waals surface area (Å²) in [6, 6.07) is 0.0587.